The second-order valence-corrected chi connectivity index (χ2v) is 8.57. The summed E-state index contributed by atoms with van der Waals surface area (Å²) < 4.78 is 5.49. The van der Waals surface area contributed by atoms with Crippen LogP contribution in [0.4, 0.5) is 10.5 Å². The molecule has 26 heavy (non-hydrogen) atoms. The van der Waals surface area contributed by atoms with Crippen LogP contribution in [0.15, 0.2) is 12.1 Å². The number of morpholine rings is 1. The van der Waals surface area contributed by atoms with Gasteiger partial charge in [0.25, 0.3) is 0 Å². The Balaban J connectivity index is 1.84. The minimum absolute atomic E-state index is 0.00138. The zero-order valence-electron chi connectivity index (χ0n) is 16.5. The Kier molecular flexibility index (Phi) is 4.72. The van der Waals surface area contributed by atoms with E-state index in [1.165, 1.54) is 41.6 Å². The second kappa shape index (κ2) is 6.88. The number of hydrogen-bond acceptors (Lipinski definition) is 2. The van der Waals surface area contributed by atoms with Gasteiger partial charge in [-0.3, -0.25) is 4.90 Å². The number of amides is 2. The lowest BCUT2D eigenvalue weighted by Crippen LogP contribution is -2.61. The molecule has 1 atom stereocenters. The first-order valence-electron chi connectivity index (χ1n) is 10.3. The van der Waals surface area contributed by atoms with Crippen molar-refractivity contribution < 1.29 is 9.53 Å². The summed E-state index contributed by atoms with van der Waals surface area (Å²) in [4.78, 5) is 18.0. The van der Waals surface area contributed by atoms with Crippen molar-refractivity contribution >= 4 is 11.7 Å². The highest BCUT2D eigenvalue weighted by Gasteiger charge is 2.48. The van der Waals surface area contributed by atoms with Crippen molar-refractivity contribution in [3.8, 4) is 0 Å². The van der Waals surface area contributed by atoms with Crippen molar-refractivity contribution in [1.29, 1.82) is 0 Å². The molecule has 2 fully saturated rings. The zero-order valence-corrected chi connectivity index (χ0v) is 16.5. The average Bonchev–Trinajstić information content (AvgIpc) is 2.65. The molecule has 1 saturated carbocycles. The number of anilines is 1. The number of carbonyl (C=O) groups excluding carboxylic acids is 1. The van der Waals surface area contributed by atoms with Crippen LogP contribution in [0, 0.1) is 13.8 Å². The molecule has 1 aromatic carbocycles. The van der Waals surface area contributed by atoms with Crippen LogP contribution in [0.3, 0.4) is 0 Å². The third-order valence-electron chi connectivity index (χ3n) is 6.77. The normalized spacial score (nSPS) is 25.3. The summed E-state index contributed by atoms with van der Waals surface area (Å²) in [7, 11) is 0. The fraction of sp³-hybridized carbons (Fsp3) is 0.682. The molecule has 1 saturated heterocycles. The molecule has 4 nitrogen and oxygen atoms in total. The summed E-state index contributed by atoms with van der Waals surface area (Å²) in [6.07, 6.45) is 7.15. The van der Waals surface area contributed by atoms with E-state index in [1.54, 1.807) is 0 Å². The Labute approximate surface area is 157 Å². The number of carbonyl (C=O) groups is 1. The minimum atomic E-state index is -0.00138. The van der Waals surface area contributed by atoms with Gasteiger partial charge >= 0.3 is 6.03 Å². The molecule has 0 N–H and O–H groups in total. The zero-order chi connectivity index (χ0) is 18.3. The molecule has 0 aromatic heterocycles. The fourth-order valence-corrected chi connectivity index (χ4v) is 5.57. The average molecular weight is 357 g/mol. The molecular formula is C22H32N2O2. The Morgan fingerprint density at radius 1 is 1.08 bits per heavy atom. The molecule has 4 heteroatoms. The topological polar surface area (TPSA) is 32.8 Å². The van der Waals surface area contributed by atoms with E-state index in [1.807, 2.05) is 4.90 Å². The van der Waals surface area contributed by atoms with Crippen LogP contribution in [0.5, 0.6) is 0 Å². The van der Waals surface area contributed by atoms with Crippen LogP contribution < -0.4 is 4.90 Å². The van der Waals surface area contributed by atoms with Gasteiger partial charge in [0.15, 0.2) is 0 Å². The van der Waals surface area contributed by atoms with E-state index in [4.69, 9.17) is 4.74 Å². The van der Waals surface area contributed by atoms with Gasteiger partial charge < -0.3 is 9.64 Å². The summed E-state index contributed by atoms with van der Waals surface area (Å²) in [6, 6.07) is 4.63. The van der Waals surface area contributed by atoms with Crippen molar-refractivity contribution in [1.82, 2.24) is 4.90 Å². The number of rotatable bonds is 0. The van der Waals surface area contributed by atoms with E-state index in [0.717, 1.165) is 19.3 Å². The largest absolute Gasteiger partial charge is 0.378 e. The summed E-state index contributed by atoms with van der Waals surface area (Å²) in [5.74, 6) is 0.511. The molecule has 0 bridgehead atoms. The van der Waals surface area contributed by atoms with Gasteiger partial charge in [0, 0.05) is 13.1 Å². The highest BCUT2D eigenvalue weighted by atomic mass is 16.5. The van der Waals surface area contributed by atoms with E-state index in [-0.39, 0.29) is 11.6 Å². The molecular weight excluding hydrogens is 324 g/mol. The molecule has 1 aromatic rings. The summed E-state index contributed by atoms with van der Waals surface area (Å²) in [6.45, 7) is 9.46. The quantitative estimate of drug-likeness (QED) is 0.671. The first-order valence-corrected chi connectivity index (χ1v) is 10.3. The van der Waals surface area contributed by atoms with Crippen molar-refractivity contribution in [2.45, 2.75) is 70.8 Å². The number of nitrogens with zero attached hydrogens (tertiary/aromatic N) is 2. The van der Waals surface area contributed by atoms with Crippen LogP contribution in [0.2, 0.25) is 0 Å². The SMILES string of the molecule is Cc1ccc(C)c2c1C(C)CC1(CCCCC1)N2C(=O)N1CCOCC1. The molecule has 1 unspecified atom stereocenters. The number of aryl methyl sites for hydroxylation is 2. The molecule has 1 aliphatic carbocycles. The third kappa shape index (κ3) is 2.83. The van der Waals surface area contributed by atoms with Crippen molar-refractivity contribution in [3.05, 3.63) is 28.8 Å². The van der Waals surface area contributed by atoms with E-state index in [2.05, 4.69) is 37.8 Å². The lowest BCUT2D eigenvalue weighted by molar-refractivity contribution is 0.0522. The predicted molar refractivity (Wildman–Crippen MR) is 105 cm³/mol. The monoisotopic (exact) mass is 356 g/mol. The maximum absolute atomic E-state index is 13.8. The van der Waals surface area contributed by atoms with Crippen molar-refractivity contribution in [2.24, 2.45) is 0 Å². The highest BCUT2D eigenvalue weighted by Crippen LogP contribution is 2.51. The van der Waals surface area contributed by atoms with Crippen molar-refractivity contribution in [2.75, 3.05) is 31.2 Å². The highest BCUT2D eigenvalue weighted by molar-refractivity contribution is 5.96. The van der Waals surface area contributed by atoms with Crippen LogP contribution in [-0.4, -0.2) is 42.8 Å². The fourth-order valence-electron chi connectivity index (χ4n) is 5.57. The molecule has 3 aliphatic rings. The van der Waals surface area contributed by atoms with Gasteiger partial charge in [0.1, 0.15) is 0 Å². The van der Waals surface area contributed by atoms with Gasteiger partial charge in [0.05, 0.1) is 24.4 Å². The Morgan fingerprint density at radius 3 is 2.42 bits per heavy atom. The first kappa shape index (κ1) is 17.8. The van der Waals surface area contributed by atoms with Crippen LogP contribution in [0.25, 0.3) is 0 Å². The molecule has 2 aliphatic heterocycles. The number of fused-ring (bicyclic) bond motifs is 1. The summed E-state index contributed by atoms with van der Waals surface area (Å²) >= 11 is 0. The number of urea groups is 1. The standard InChI is InChI=1S/C22H32N2O2/c1-16-7-8-17(2)20-19(16)18(3)15-22(9-5-4-6-10-22)24(20)21(25)23-11-13-26-14-12-23/h7-8,18H,4-6,9-15H2,1-3H3. The van der Waals surface area contributed by atoms with E-state index < -0.39 is 0 Å². The number of ether oxygens (including phenoxy) is 1. The summed E-state index contributed by atoms with van der Waals surface area (Å²) in [5.41, 5.74) is 5.16. The van der Waals surface area contributed by atoms with Gasteiger partial charge in [-0.1, -0.05) is 38.3 Å². The number of benzene rings is 1. The Morgan fingerprint density at radius 2 is 1.73 bits per heavy atom. The van der Waals surface area contributed by atoms with E-state index >= 15 is 0 Å². The number of hydrogen-bond donors (Lipinski definition) is 0. The van der Waals surface area contributed by atoms with Crippen LogP contribution >= 0.6 is 0 Å². The maximum Gasteiger partial charge on any atom is 0.325 e. The van der Waals surface area contributed by atoms with E-state index in [9.17, 15) is 4.79 Å². The molecule has 2 amide bonds. The van der Waals surface area contributed by atoms with Crippen LogP contribution in [0.1, 0.15) is 68.1 Å². The van der Waals surface area contributed by atoms with Gasteiger partial charge in [-0.2, -0.15) is 0 Å². The van der Waals surface area contributed by atoms with Gasteiger partial charge in [0.2, 0.25) is 0 Å². The molecule has 1 spiro atoms. The first-order chi connectivity index (χ1) is 12.5. The minimum Gasteiger partial charge on any atom is -0.378 e. The van der Waals surface area contributed by atoms with Gasteiger partial charge in [-0.15, -0.1) is 0 Å². The van der Waals surface area contributed by atoms with Gasteiger partial charge in [-0.25, -0.2) is 4.79 Å². The smallest absolute Gasteiger partial charge is 0.325 e. The maximum atomic E-state index is 13.8. The lowest BCUT2D eigenvalue weighted by Gasteiger charge is -2.54. The predicted octanol–water partition coefficient (Wildman–Crippen LogP) is 4.77. The van der Waals surface area contributed by atoms with Crippen LogP contribution in [-0.2, 0) is 4.74 Å². The van der Waals surface area contributed by atoms with E-state index in [0.29, 0.717) is 32.2 Å². The molecule has 142 valence electrons. The third-order valence-corrected chi connectivity index (χ3v) is 6.77. The van der Waals surface area contributed by atoms with Crippen molar-refractivity contribution in [3.63, 3.8) is 0 Å². The Hall–Kier alpha value is -1.55. The lowest BCUT2D eigenvalue weighted by atomic mass is 9.69. The Bertz CT molecular complexity index is 688. The molecule has 0 radical (unpaired) electrons. The van der Waals surface area contributed by atoms with Gasteiger partial charge in [-0.05, 0) is 55.7 Å². The summed E-state index contributed by atoms with van der Waals surface area (Å²) in [5, 5.41) is 0. The molecule has 4 rings (SSSR count). The molecule has 2 heterocycles. The second-order valence-electron chi connectivity index (χ2n) is 8.57.